The molecule has 0 unspecified atom stereocenters. The Morgan fingerprint density at radius 3 is 2.39 bits per heavy atom. The summed E-state index contributed by atoms with van der Waals surface area (Å²) in [6.07, 6.45) is 4.86. The van der Waals surface area contributed by atoms with Gasteiger partial charge < -0.3 is 9.32 Å². The number of piperazine rings is 1. The molecule has 0 atom stereocenters. The highest BCUT2D eigenvalue weighted by atomic mass is 32.2. The molecule has 1 fully saturated rings. The van der Waals surface area contributed by atoms with E-state index in [0.717, 1.165) is 40.1 Å². The highest BCUT2D eigenvalue weighted by Crippen LogP contribution is 2.31. The number of rotatable bonds is 4. The second-order valence-electron chi connectivity index (χ2n) is 8.37. The van der Waals surface area contributed by atoms with E-state index in [9.17, 15) is 26.4 Å². The van der Waals surface area contributed by atoms with Crippen LogP contribution < -0.4 is 0 Å². The van der Waals surface area contributed by atoms with Gasteiger partial charge in [-0.1, -0.05) is 0 Å². The van der Waals surface area contributed by atoms with Crippen molar-refractivity contribution in [2.24, 2.45) is 0 Å². The molecule has 1 aliphatic carbocycles. The van der Waals surface area contributed by atoms with Crippen molar-refractivity contribution in [1.29, 1.82) is 0 Å². The molecule has 0 N–H and O–H groups in total. The Morgan fingerprint density at radius 2 is 1.67 bits per heavy atom. The van der Waals surface area contributed by atoms with Gasteiger partial charge in [0.25, 0.3) is 0 Å². The smallest absolute Gasteiger partial charge is 0.246 e. The van der Waals surface area contributed by atoms with Gasteiger partial charge >= 0.3 is 0 Å². The van der Waals surface area contributed by atoms with E-state index < -0.39 is 32.4 Å². The molecule has 0 saturated carbocycles. The van der Waals surface area contributed by atoms with E-state index in [1.54, 1.807) is 11.2 Å². The molecule has 174 valence electrons. The Hall–Kier alpha value is -2.85. The number of sulfonamides is 1. The normalized spacial score (nSPS) is 17.0. The highest BCUT2D eigenvalue weighted by molar-refractivity contribution is 7.89. The monoisotopic (exact) mass is 478 g/mol. The third-order valence-electron chi connectivity index (χ3n) is 6.42. The summed E-state index contributed by atoms with van der Waals surface area (Å²) in [6, 6.07) is 5.41. The fourth-order valence-electron chi connectivity index (χ4n) is 4.58. The van der Waals surface area contributed by atoms with Gasteiger partial charge in [0.15, 0.2) is 17.5 Å². The Bertz CT molecular complexity index is 1360. The Kier molecular flexibility index (Phi) is 5.44. The van der Waals surface area contributed by atoms with Gasteiger partial charge in [0, 0.05) is 37.1 Å². The lowest BCUT2D eigenvalue weighted by molar-refractivity contribution is -0.131. The predicted octanol–water partition coefficient (Wildman–Crippen LogP) is 3.41. The molecule has 10 heteroatoms. The minimum atomic E-state index is -4.37. The van der Waals surface area contributed by atoms with E-state index in [-0.39, 0.29) is 38.5 Å². The van der Waals surface area contributed by atoms with Crippen LogP contribution in [0.15, 0.2) is 39.8 Å². The Balaban J connectivity index is 1.27. The third kappa shape index (κ3) is 3.80. The number of nitrogens with zero attached hydrogens (tertiary/aromatic N) is 2. The minimum absolute atomic E-state index is 0.0772. The van der Waals surface area contributed by atoms with Gasteiger partial charge in [0.05, 0.1) is 12.7 Å². The summed E-state index contributed by atoms with van der Waals surface area (Å²) in [4.78, 5) is 13.5. The summed E-state index contributed by atoms with van der Waals surface area (Å²) in [6.45, 7) is 0.0569. The maximum Gasteiger partial charge on any atom is 0.246 e. The van der Waals surface area contributed by atoms with E-state index in [2.05, 4.69) is 6.07 Å². The topological polar surface area (TPSA) is 70.8 Å². The van der Waals surface area contributed by atoms with Crippen molar-refractivity contribution in [3.63, 3.8) is 0 Å². The molecule has 0 spiro atoms. The van der Waals surface area contributed by atoms with Gasteiger partial charge in [-0.15, -0.1) is 0 Å². The number of aryl methyl sites for hydroxylation is 2. The molecular weight excluding hydrogens is 457 g/mol. The zero-order valence-corrected chi connectivity index (χ0v) is 18.4. The molecule has 3 aromatic rings. The Labute approximate surface area is 188 Å². The van der Waals surface area contributed by atoms with Crippen LogP contribution in [0.3, 0.4) is 0 Å². The van der Waals surface area contributed by atoms with Crippen LogP contribution in [-0.4, -0.2) is 49.7 Å². The third-order valence-corrected chi connectivity index (χ3v) is 8.33. The minimum Gasteiger partial charge on any atom is -0.464 e. The molecule has 1 aromatic heterocycles. The van der Waals surface area contributed by atoms with Crippen LogP contribution in [-0.2, 0) is 34.1 Å². The van der Waals surface area contributed by atoms with Crippen LogP contribution in [0.2, 0.25) is 0 Å². The first-order chi connectivity index (χ1) is 15.8. The van der Waals surface area contributed by atoms with E-state index in [1.165, 1.54) is 11.1 Å². The summed E-state index contributed by atoms with van der Waals surface area (Å²) in [5, 5.41) is 0.916. The molecular formula is C23H21F3N2O4S. The fraction of sp³-hybridized carbons (Fsp3) is 0.348. The van der Waals surface area contributed by atoms with Crippen LogP contribution in [0, 0.1) is 17.5 Å². The molecule has 1 saturated heterocycles. The number of halogens is 3. The van der Waals surface area contributed by atoms with Gasteiger partial charge in [0.1, 0.15) is 10.5 Å². The molecule has 1 amide bonds. The molecule has 2 aliphatic rings. The first kappa shape index (κ1) is 22.0. The van der Waals surface area contributed by atoms with Crippen molar-refractivity contribution < 1.29 is 30.8 Å². The van der Waals surface area contributed by atoms with Gasteiger partial charge in [-0.05, 0) is 54.7 Å². The van der Waals surface area contributed by atoms with E-state index in [1.807, 2.05) is 6.07 Å². The summed E-state index contributed by atoms with van der Waals surface area (Å²) in [5.41, 5.74) is 4.09. The highest BCUT2D eigenvalue weighted by Gasteiger charge is 2.33. The van der Waals surface area contributed by atoms with Crippen LogP contribution in [0.4, 0.5) is 13.2 Å². The van der Waals surface area contributed by atoms with Crippen molar-refractivity contribution >= 4 is 26.9 Å². The average molecular weight is 478 g/mol. The summed E-state index contributed by atoms with van der Waals surface area (Å²) < 4.78 is 72.8. The molecule has 6 nitrogen and oxygen atoms in total. The van der Waals surface area contributed by atoms with Gasteiger partial charge in [-0.25, -0.2) is 21.6 Å². The van der Waals surface area contributed by atoms with Gasteiger partial charge in [0.2, 0.25) is 15.9 Å². The van der Waals surface area contributed by atoms with Gasteiger partial charge in [-0.3, -0.25) is 4.79 Å². The van der Waals surface area contributed by atoms with Crippen LogP contribution >= 0.6 is 0 Å². The number of fused-ring (bicyclic) bond motifs is 2. The van der Waals surface area contributed by atoms with Crippen molar-refractivity contribution in [2.45, 2.75) is 30.6 Å². The summed E-state index contributed by atoms with van der Waals surface area (Å²) >= 11 is 0. The standard InChI is InChI=1S/C23H21F3N2O4S/c24-18-4-5-20(23(26)22(18)25)33(30,31)28-8-6-27(7-9-28)21(29)12-16-13-32-19-11-15-3-1-2-14(15)10-17(16)19/h4-5,10-11,13H,1-3,6-9,12H2. The summed E-state index contributed by atoms with van der Waals surface area (Å²) in [5.74, 6) is -5.21. The molecule has 5 rings (SSSR count). The molecule has 0 bridgehead atoms. The molecule has 2 heterocycles. The largest absolute Gasteiger partial charge is 0.464 e. The van der Waals surface area contributed by atoms with Crippen molar-refractivity contribution in [3.8, 4) is 0 Å². The molecule has 33 heavy (non-hydrogen) atoms. The quantitative estimate of drug-likeness (QED) is 0.539. The van der Waals surface area contributed by atoms with E-state index >= 15 is 0 Å². The first-order valence-corrected chi connectivity index (χ1v) is 12.1. The van der Waals surface area contributed by atoms with Crippen LogP contribution in [0.1, 0.15) is 23.1 Å². The summed E-state index contributed by atoms with van der Waals surface area (Å²) in [7, 11) is -4.37. The lowest BCUT2D eigenvalue weighted by Crippen LogP contribution is -2.51. The van der Waals surface area contributed by atoms with Crippen molar-refractivity contribution in [2.75, 3.05) is 26.2 Å². The van der Waals surface area contributed by atoms with Crippen molar-refractivity contribution in [3.05, 3.63) is 64.7 Å². The van der Waals surface area contributed by atoms with E-state index in [0.29, 0.717) is 12.1 Å². The number of carbonyl (C=O) groups excluding carboxylic acids is 1. The lowest BCUT2D eigenvalue weighted by atomic mass is 10.0. The van der Waals surface area contributed by atoms with Crippen molar-refractivity contribution in [1.82, 2.24) is 9.21 Å². The molecule has 0 radical (unpaired) electrons. The first-order valence-electron chi connectivity index (χ1n) is 10.7. The number of benzene rings is 2. The molecule has 2 aromatic carbocycles. The maximum atomic E-state index is 14.0. The maximum absolute atomic E-state index is 14.0. The zero-order chi connectivity index (χ0) is 23.3. The Morgan fingerprint density at radius 1 is 0.970 bits per heavy atom. The molecule has 1 aliphatic heterocycles. The van der Waals surface area contributed by atoms with Crippen LogP contribution in [0.5, 0.6) is 0 Å². The number of furan rings is 1. The average Bonchev–Trinajstić information content (AvgIpc) is 3.42. The van der Waals surface area contributed by atoms with E-state index in [4.69, 9.17) is 4.42 Å². The second-order valence-corrected chi connectivity index (χ2v) is 10.3. The fourth-order valence-corrected chi connectivity index (χ4v) is 6.06. The second kappa shape index (κ2) is 8.18. The number of amides is 1. The lowest BCUT2D eigenvalue weighted by Gasteiger charge is -2.34. The SMILES string of the molecule is O=C(Cc1coc2cc3c(cc12)CCC3)N1CCN(S(=O)(=O)c2ccc(F)c(F)c2F)CC1. The predicted molar refractivity (Wildman–Crippen MR) is 114 cm³/mol. The van der Waals surface area contributed by atoms with Gasteiger partial charge in [-0.2, -0.15) is 4.31 Å². The number of carbonyl (C=O) groups is 1. The zero-order valence-electron chi connectivity index (χ0n) is 17.6. The number of hydrogen-bond donors (Lipinski definition) is 0. The van der Waals surface area contributed by atoms with Crippen LogP contribution in [0.25, 0.3) is 11.0 Å². The number of hydrogen-bond acceptors (Lipinski definition) is 4.